The topological polar surface area (TPSA) is 108 Å². The zero-order valence-electron chi connectivity index (χ0n) is 22.3. The minimum atomic E-state index is -1.20. The number of rotatable bonds is 5. The van der Waals surface area contributed by atoms with Crippen LogP contribution in [0.15, 0.2) is 36.9 Å². The first-order valence-corrected chi connectivity index (χ1v) is 13.7. The van der Waals surface area contributed by atoms with E-state index in [4.69, 9.17) is 9.72 Å². The third-order valence-corrected chi connectivity index (χ3v) is 8.75. The Hall–Kier alpha value is -3.79. The fourth-order valence-corrected chi connectivity index (χ4v) is 6.33. The van der Waals surface area contributed by atoms with Crippen molar-refractivity contribution >= 4 is 29.1 Å². The molecule has 4 heterocycles. The van der Waals surface area contributed by atoms with Crippen molar-refractivity contribution in [2.24, 2.45) is 5.41 Å². The van der Waals surface area contributed by atoms with E-state index in [-0.39, 0.29) is 35.3 Å². The van der Waals surface area contributed by atoms with Gasteiger partial charge in [-0.1, -0.05) is 24.8 Å². The second-order valence-electron chi connectivity index (χ2n) is 11.0. The van der Waals surface area contributed by atoms with Crippen molar-refractivity contribution in [1.82, 2.24) is 19.8 Å². The molecule has 1 spiro atoms. The predicted molar refractivity (Wildman–Crippen MR) is 146 cm³/mol. The summed E-state index contributed by atoms with van der Waals surface area (Å²) in [5.74, 6) is 0.0244. The number of amides is 2. The molecule has 1 N–H and O–H groups in total. The van der Waals surface area contributed by atoms with E-state index in [0.717, 1.165) is 36.2 Å². The van der Waals surface area contributed by atoms with Crippen LogP contribution in [0.5, 0.6) is 6.01 Å². The van der Waals surface area contributed by atoms with Gasteiger partial charge in [0.1, 0.15) is 23.5 Å². The normalized spacial score (nSPS) is 24.8. The summed E-state index contributed by atoms with van der Waals surface area (Å²) in [7, 11) is 2.08. The van der Waals surface area contributed by atoms with Gasteiger partial charge in [-0.2, -0.15) is 9.97 Å². The number of hydrogen-bond donors (Lipinski definition) is 1. The van der Waals surface area contributed by atoms with Gasteiger partial charge in [0.25, 0.3) is 0 Å². The SMILES string of the molecule is C=CC(=O)N1CCN(c2nc(OCC3CCCN3C)nc3c2CCC2(Cc4ccccc4NC2=O)C3=O)CC1. The van der Waals surface area contributed by atoms with Gasteiger partial charge in [-0.3, -0.25) is 14.4 Å². The number of nitrogens with one attached hydrogen (secondary N) is 1. The van der Waals surface area contributed by atoms with Gasteiger partial charge in [0.15, 0.2) is 5.78 Å². The highest BCUT2D eigenvalue weighted by molar-refractivity contribution is 6.19. The number of benzene rings is 1. The molecule has 10 nitrogen and oxygen atoms in total. The van der Waals surface area contributed by atoms with Crippen molar-refractivity contribution < 1.29 is 19.1 Å². The van der Waals surface area contributed by atoms with Crippen molar-refractivity contribution in [2.75, 3.05) is 56.6 Å². The molecule has 2 saturated heterocycles. The molecule has 3 aliphatic heterocycles. The molecule has 2 amide bonds. The Bertz CT molecular complexity index is 1340. The van der Waals surface area contributed by atoms with E-state index in [9.17, 15) is 14.4 Å². The molecule has 10 heteroatoms. The number of piperazine rings is 1. The van der Waals surface area contributed by atoms with E-state index in [2.05, 4.69) is 33.7 Å². The lowest BCUT2D eigenvalue weighted by Gasteiger charge is -2.40. The number of likely N-dealkylation sites (N-methyl/N-ethyl adjacent to an activating group) is 1. The van der Waals surface area contributed by atoms with E-state index in [1.165, 1.54) is 6.08 Å². The Labute approximate surface area is 228 Å². The first kappa shape index (κ1) is 25.5. The van der Waals surface area contributed by atoms with Gasteiger partial charge in [0.05, 0.1) is 0 Å². The van der Waals surface area contributed by atoms with Gasteiger partial charge in [-0.05, 0) is 63.4 Å². The third kappa shape index (κ3) is 4.46. The number of aromatic nitrogens is 2. The quantitative estimate of drug-likeness (QED) is 0.463. The van der Waals surface area contributed by atoms with Crippen LogP contribution in [0.1, 0.15) is 40.9 Å². The maximum atomic E-state index is 14.2. The smallest absolute Gasteiger partial charge is 0.319 e. The van der Waals surface area contributed by atoms with Crippen molar-refractivity contribution in [3.05, 3.63) is 53.7 Å². The van der Waals surface area contributed by atoms with Crippen LogP contribution in [-0.4, -0.2) is 89.8 Å². The standard InChI is InChI=1S/C29H34N6O4/c1-3-23(36)34-13-15-35(16-14-34)26-21-10-11-29(17-19-7-4-5-9-22(19)30-27(29)38)25(37)24(21)31-28(32-26)39-18-20-8-6-12-33(20)2/h3-5,7,9,20H,1,6,8,10-18H2,2H3,(H,30,38). The molecule has 0 bridgehead atoms. The largest absolute Gasteiger partial charge is 0.462 e. The number of carbonyl (C=O) groups is 3. The molecule has 2 atom stereocenters. The maximum Gasteiger partial charge on any atom is 0.319 e. The molecule has 2 aromatic rings. The molecule has 39 heavy (non-hydrogen) atoms. The van der Waals surface area contributed by atoms with Crippen LogP contribution in [0.25, 0.3) is 0 Å². The molecule has 204 valence electrons. The molecule has 1 aromatic heterocycles. The molecular formula is C29H34N6O4. The van der Waals surface area contributed by atoms with Gasteiger partial charge < -0.3 is 24.8 Å². The molecule has 1 aromatic carbocycles. The number of carbonyl (C=O) groups excluding carboxylic acids is 3. The minimum Gasteiger partial charge on any atom is -0.462 e. The van der Waals surface area contributed by atoms with Gasteiger partial charge >= 0.3 is 6.01 Å². The summed E-state index contributed by atoms with van der Waals surface area (Å²) in [6.45, 7) is 7.26. The van der Waals surface area contributed by atoms with Crippen molar-refractivity contribution in [2.45, 2.75) is 38.1 Å². The zero-order valence-corrected chi connectivity index (χ0v) is 22.3. The molecule has 0 radical (unpaired) electrons. The average molecular weight is 531 g/mol. The van der Waals surface area contributed by atoms with Crippen LogP contribution in [-0.2, 0) is 22.4 Å². The number of likely N-dealkylation sites (tertiary alicyclic amines) is 1. The van der Waals surface area contributed by atoms with E-state index in [1.807, 2.05) is 24.3 Å². The Morgan fingerprint density at radius 3 is 2.72 bits per heavy atom. The predicted octanol–water partition coefficient (Wildman–Crippen LogP) is 2.09. The van der Waals surface area contributed by atoms with Crippen molar-refractivity contribution in [1.29, 1.82) is 0 Å². The van der Waals surface area contributed by atoms with Crippen LogP contribution < -0.4 is 15.0 Å². The Kier molecular flexibility index (Phi) is 6.58. The Balaban J connectivity index is 1.34. The van der Waals surface area contributed by atoms with Crippen LogP contribution >= 0.6 is 0 Å². The molecule has 2 fully saturated rings. The maximum absolute atomic E-state index is 14.2. The van der Waals surface area contributed by atoms with Crippen LogP contribution in [0, 0.1) is 5.41 Å². The van der Waals surface area contributed by atoms with Crippen LogP contribution in [0.2, 0.25) is 0 Å². The average Bonchev–Trinajstić information content (AvgIpc) is 3.38. The fraction of sp³-hybridized carbons (Fsp3) is 0.483. The van der Waals surface area contributed by atoms with Crippen molar-refractivity contribution in [3.63, 3.8) is 0 Å². The monoisotopic (exact) mass is 530 g/mol. The lowest BCUT2D eigenvalue weighted by molar-refractivity contribution is -0.126. The minimum absolute atomic E-state index is 0.0928. The van der Waals surface area contributed by atoms with E-state index in [1.54, 1.807) is 4.90 Å². The second-order valence-corrected chi connectivity index (χ2v) is 11.0. The second kappa shape index (κ2) is 10.1. The summed E-state index contributed by atoms with van der Waals surface area (Å²) in [5.41, 5.74) is 1.54. The van der Waals surface area contributed by atoms with E-state index >= 15 is 0 Å². The summed E-state index contributed by atoms with van der Waals surface area (Å²) in [5, 5.41) is 2.97. The summed E-state index contributed by atoms with van der Waals surface area (Å²) >= 11 is 0. The number of ether oxygens (including phenoxy) is 1. The summed E-state index contributed by atoms with van der Waals surface area (Å²) in [4.78, 5) is 55.3. The first-order valence-electron chi connectivity index (χ1n) is 13.7. The fourth-order valence-electron chi connectivity index (χ4n) is 6.33. The Morgan fingerprint density at radius 2 is 1.97 bits per heavy atom. The first-order chi connectivity index (χ1) is 18.9. The van der Waals surface area contributed by atoms with E-state index in [0.29, 0.717) is 57.9 Å². The Morgan fingerprint density at radius 1 is 1.18 bits per heavy atom. The summed E-state index contributed by atoms with van der Waals surface area (Å²) < 4.78 is 6.12. The van der Waals surface area contributed by atoms with Gasteiger partial charge in [-0.15, -0.1) is 0 Å². The van der Waals surface area contributed by atoms with Gasteiger partial charge in [0.2, 0.25) is 11.8 Å². The van der Waals surface area contributed by atoms with E-state index < -0.39 is 5.41 Å². The van der Waals surface area contributed by atoms with Crippen LogP contribution in [0.4, 0.5) is 11.5 Å². The molecule has 1 aliphatic carbocycles. The van der Waals surface area contributed by atoms with Crippen LogP contribution in [0.3, 0.4) is 0 Å². The lowest BCUT2D eigenvalue weighted by atomic mass is 9.66. The number of fused-ring (bicyclic) bond motifs is 2. The molecular weight excluding hydrogens is 496 g/mol. The number of hydrogen-bond acceptors (Lipinski definition) is 8. The van der Waals surface area contributed by atoms with Gasteiger partial charge in [-0.25, -0.2) is 0 Å². The number of nitrogens with zero attached hydrogens (tertiary/aromatic N) is 5. The lowest BCUT2D eigenvalue weighted by Crippen LogP contribution is -2.51. The molecule has 0 saturated carbocycles. The molecule has 4 aliphatic rings. The highest BCUT2D eigenvalue weighted by atomic mass is 16.5. The number of anilines is 2. The van der Waals surface area contributed by atoms with Crippen molar-refractivity contribution in [3.8, 4) is 6.01 Å². The number of Topliss-reactive ketones (excluding diaryl/α,β-unsaturated/α-hetero) is 1. The molecule has 6 rings (SSSR count). The molecule has 2 unspecified atom stereocenters. The zero-order chi connectivity index (χ0) is 27.1. The summed E-state index contributed by atoms with van der Waals surface area (Å²) in [6, 6.07) is 8.06. The number of para-hydroxylation sites is 1. The third-order valence-electron chi connectivity index (χ3n) is 8.75. The highest BCUT2D eigenvalue weighted by Crippen LogP contribution is 2.45. The highest BCUT2D eigenvalue weighted by Gasteiger charge is 2.52. The number of ketones is 1. The van der Waals surface area contributed by atoms with Gasteiger partial charge in [0, 0.05) is 43.5 Å². The summed E-state index contributed by atoms with van der Waals surface area (Å²) in [6.07, 6.45) is 4.72.